The van der Waals surface area contributed by atoms with Crippen molar-refractivity contribution in [3.05, 3.63) is 30.4 Å². The number of likely N-dealkylation sites (tertiary alicyclic amines) is 1. The molecule has 0 amide bonds. The van der Waals surface area contributed by atoms with Gasteiger partial charge in [0.1, 0.15) is 5.69 Å². The Morgan fingerprint density at radius 2 is 2.20 bits per heavy atom. The fourth-order valence-electron chi connectivity index (χ4n) is 2.88. The summed E-state index contributed by atoms with van der Waals surface area (Å²) in [7, 11) is 2.18. The van der Waals surface area contributed by atoms with E-state index in [1.54, 1.807) is 0 Å². The molecule has 0 aromatic carbocycles. The Bertz CT molecular complexity index is 560. The molecule has 0 N–H and O–H groups in total. The van der Waals surface area contributed by atoms with Gasteiger partial charge in [-0.3, -0.25) is 14.6 Å². The molecule has 106 valence electrons. The summed E-state index contributed by atoms with van der Waals surface area (Å²) in [6.45, 7) is 5.30. The number of aromatic nitrogens is 4. The minimum absolute atomic E-state index is 0.723. The molecular formula is C15H21N5. The summed E-state index contributed by atoms with van der Waals surface area (Å²) in [5, 5.41) is 4.27. The molecule has 2 aromatic heterocycles. The lowest BCUT2D eigenvalue weighted by molar-refractivity contribution is 0.393. The molecule has 3 rings (SSSR count). The number of hydrogen-bond donors (Lipinski definition) is 0. The highest BCUT2D eigenvalue weighted by Gasteiger charge is 2.20. The maximum atomic E-state index is 4.58. The molecule has 1 saturated heterocycles. The van der Waals surface area contributed by atoms with Crippen molar-refractivity contribution in [2.24, 2.45) is 5.92 Å². The van der Waals surface area contributed by atoms with Crippen LogP contribution in [-0.2, 0) is 13.0 Å². The standard InChI is InChI=1S/C15H21N5/c1-3-20-15(4-6-18-20)14-10-16-13(9-17-14)8-12-5-7-19(2)11-12/h4,6,9-10,12H,3,5,7-8,11H2,1-2H3/t12-/m0/s1. The van der Waals surface area contributed by atoms with Gasteiger partial charge >= 0.3 is 0 Å². The molecule has 5 heteroatoms. The summed E-state index contributed by atoms with van der Waals surface area (Å²) in [6, 6.07) is 1.99. The van der Waals surface area contributed by atoms with E-state index in [0.717, 1.165) is 36.0 Å². The third-order valence-corrected chi connectivity index (χ3v) is 3.97. The van der Waals surface area contributed by atoms with Crippen LogP contribution in [0.15, 0.2) is 24.7 Å². The second kappa shape index (κ2) is 5.71. The highest BCUT2D eigenvalue weighted by atomic mass is 15.3. The Balaban J connectivity index is 1.71. The van der Waals surface area contributed by atoms with Crippen molar-refractivity contribution < 1.29 is 0 Å². The lowest BCUT2D eigenvalue weighted by Crippen LogP contribution is -2.15. The molecule has 3 heterocycles. The van der Waals surface area contributed by atoms with Crippen molar-refractivity contribution in [1.82, 2.24) is 24.6 Å². The van der Waals surface area contributed by atoms with E-state index < -0.39 is 0 Å². The number of nitrogens with zero attached hydrogens (tertiary/aromatic N) is 5. The van der Waals surface area contributed by atoms with Gasteiger partial charge in [-0.25, -0.2) is 0 Å². The molecule has 1 aliphatic heterocycles. The van der Waals surface area contributed by atoms with Gasteiger partial charge in [-0.2, -0.15) is 5.10 Å². The minimum Gasteiger partial charge on any atom is -0.306 e. The first-order valence-corrected chi connectivity index (χ1v) is 7.28. The fourth-order valence-corrected chi connectivity index (χ4v) is 2.88. The highest BCUT2D eigenvalue weighted by Crippen LogP contribution is 2.20. The number of rotatable bonds is 4. The van der Waals surface area contributed by atoms with E-state index in [2.05, 4.69) is 33.9 Å². The summed E-state index contributed by atoms with van der Waals surface area (Å²) in [5.41, 5.74) is 3.03. The van der Waals surface area contributed by atoms with Gasteiger partial charge in [0.2, 0.25) is 0 Å². The van der Waals surface area contributed by atoms with Gasteiger partial charge < -0.3 is 4.90 Å². The first-order valence-electron chi connectivity index (χ1n) is 7.28. The Hall–Kier alpha value is -1.75. The van der Waals surface area contributed by atoms with E-state index in [9.17, 15) is 0 Å². The van der Waals surface area contributed by atoms with Crippen molar-refractivity contribution in [2.75, 3.05) is 20.1 Å². The molecule has 0 saturated carbocycles. The fraction of sp³-hybridized carbons (Fsp3) is 0.533. The quantitative estimate of drug-likeness (QED) is 0.851. The lowest BCUT2D eigenvalue weighted by Gasteiger charge is -2.10. The molecule has 20 heavy (non-hydrogen) atoms. The molecule has 0 bridgehead atoms. The SMILES string of the molecule is CCn1nccc1-c1cnc(C[C@@H]2CCN(C)C2)cn1. The van der Waals surface area contributed by atoms with Gasteiger partial charge in [-0.1, -0.05) is 0 Å². The number of hydrogen-bond acceptors (Lipinski definition) is 4. The summed E-state index contributed by atoms with van der Waals surface area (Å²) in [4.78, 5) is 11.5. The molecule has 1 atom stereocenters. The normalized spacial score (nSPS) is 19.6. The first kappa shape index (κ1) is 13.2. The molecule has 0 aliphatic carbocycles. The molecule has 5 nitrogen and oxygen atoms in total. The van der Waals surface area contributed by atoms with Crippen LogP contribution in [0.1, 0.15) is 19.0 Å². The Morgan fingerprint density at radius 3 is 2.85 bits per heavy atom. The zero-order chi connectivity index (χ0) is 13.9. The van der Waals surface area contributed by atoms with Crippen LogP contribution in [0.2, 0.25) is 0 Å². The monoisotopic (exact) mass is 271 g/mol. The van der Waals surface area contributed by atoms with Gasteiger partial charge in [0.25, 0.3) is 0 Å². The summed E-state index contributed by atoms with van der Waals surface area (Å²) >= 11 is 0. The van der Waals surface area contributed by atoms with Crippen molar-refractivity contribution in [2.45, 2.75) is 26.3 Å². The van der Waals surface area contributed by atoms with Crippen LogP contribution in [0.4, 0.5) is 0 Å². The van der Waals surface area contributed by atoms with Gasteiger partial charge in [0.05, 0.1) is 17.6 Å². The maximum absolute atomic E-state index is 4.58. The second-order valence-electron chi connectivity index (χ2n) is 5.55. The van der Waals surface area contributed by atoms with Gasteiger partial charge in [0.15, 0.2) is 0 Å². The van der Waals surface area contributed by atoms with Crippen LogP contribution in [0.25, 0.3) is 11.4 Å². The smallest absolute Gasteiger partial charge is 0.107 e. The average Bonchev–Trinajstić information content (AvgIpc) is 3.08. The van der Waals surface area contributed by atoms with E-state index in [1.165, 1.54) is 19.5 Å². The van der Waals surface area contributed by atoms with Crippen molar-refractivity contribution in [1.29, 1.82) is 0 Å². The highest BCUT2D eigenvalue weighted by molar-refractivity contribution is 5.52. The molecule has 0 unspecified atom stereocenters. The average molecular weight is 271 g/mol. The second-order valence-corrected chi connectivity index (χ2v) is 5.55. The predicted molar refractivity (Wildman–Crippen MR) is 78.2 cm³/mol. The van der Waals surface area contributed by atoms with Gasteiger partial charge in [-0.05, 0) is 45.3 Å². The zero-order valence-corrected chi connectivity index (χ0v) is 12.2. The van der Waals surface area contributed by atoms with Crippen molar-refractivity contribution >= 4 is 0 Å². The number of aryl methyl sites for hydroxylation is 1. The molecule has 0 radical (unpaired) electrons. The topological polar surface area (TPSA) is 46.8 Å². The summed E-state index contributed by atoms with van der Waals surface area (Å²) in [5.74, 6) is 0.723. The largest absolute Gasteiger partial charge is 0.306 e. The molecular weight excluding hydrogens is 250 g/mol. The third kappa shape index (κ3) is 2.72. The molecule has 2 aromatic rings. The molecule has 1 aliphatic rings. The third-order valence-electron chi connectivity index (χ3n) is 3.97. The maximum Gasteiger partial charge on any atom is 0.107 e. The molecule has 1 fully saturated rings. The van der Waals surface area contributed by atoms with E-state index in [4.69, 9.17) is 0 Å². The van der Waals surface area contributed by atoms with E-state index >= 15 is 0 Å². The molecule has 0 spiro atoms. The Kier molecular flexibility index (Phi) is 3.78. The Morgan fingerprint density at radius 1 is 1.30 bits per heavy atom. The van der Waals surface area contributed by atoms with Crippen molar-refractivity contribution in [3.63, 3.8) is 0 Å². The van der Waals surface area contributed by atoms with E-state index in [1.807, 2.05) is 29.3 Å². The first-order chi connectivity index (χ1) is 9.76. The summed E-state index contributed by atoms with van der Waals surface area (Å²) < 4.78 is 1.94. The van der Waals surface area contributed by atoms with Crippen LogP contribution in [0.5, 0.6) is 0 Å². The summed E-state index contributed by atoms with van der Waals surface area (Å²) in [6.07, 6.45) is 7.90. The zero-order valence-electron chi connectivity index (χ0n) is 12.2. The van der Waals surface area contributed by atoms with E-state index in [0.29, 0.717) is 0 Å². The van der Waals surface area contributed by atoms with Crippen LogP contribution >= 0.6 is 0 Å². The van der Waals surface area contributed by atoms with Gasteiger partial charge in [-0.15, -0.1) is 0 Å². The predicted octanol–water partition coefficient (Wildman–Crippen LogP) is 1.85. The van der Waals surface area contributed by atoms with Crippen LogP contribution in [0.3, 0.4) is 0 Å². The van der Waals surface area contributed by atoms with Crippen LogP contribution in [-0.4, -0.2) is 44.8 Å². The lowest BCUT2D eigenvalue weighted by atomic mass is 10.0. The van der Waals surface area contributed by atoms with Gasteiger partial charge in [0, 0.05) is 25.5 Å². The van der Waals surface area contributed by atoms with Crippen LogP contribution in [0, 0.1) is 5.92 Å². The van der Waals surface area contributed by atoms with E-state index in [-0.39, 0.29) is 0 Å². The Labute approximate surface area is 119 Å². The minimum atomic E-state index is 0.723. The van der Waals surface area contributed by atoms with Crippen molar-refractivity contribution in [3.8, 4) is 11.4 Å². The van der Waals surface area contributed by atoms with Crippen LogP contribution < -0.4 is 0 Å².